The molecule has 0 aliphatic carbocycles. The fourth-order valence-corrected chi connectivity index (χ4v) is 4.47. The fraction of sp³-hybridized carbons (Fsp3) is 0.292. The largest absolute Gasteiger partial charge is 0.478 e. The van der Waals surface area contributed by atoms with Crippen molar-refractivity contribution < 1.29 is 36.4 Å². The van der Waals surface area contributed by atoms with E-state index in [1.54, 1.807) is 0 Å². The van der Waals surface area contributed by atoms with Crippen molar-refractivity contribution in [2.45, 2.75) is 31.4 Å². The predicted octanol–water partition coefficient (Wildman–Crippen LogP) is 5.15. The molecule has 0 saturated carbocycles. The van der Waals surface area contributed by atoms with Gasteiger partial charge in [-0.15, -0.1) is 0 Å². The summed E-state index contributed by atoms with van der Waals surface area (Å²) in [6, 6.07) is 5.96. The van der Waals surface area contributed by atoms with Crippen molar-refractivity contribution in [1.82, 2.24) is 20.1 Å². The van der Waals surface area contributed by atoms with Gasteiger partial charge in [0.15, 0.2) is 5.82 Å². The molecule has 8 nitrogen and oxygen atoms in total. The third-order valence-corrected chi connectivity index (χ3v) is 6.18. The van der Waals surface area contributed by atoms with Gasteiger partial charge in [-0.1, -0.05) is 11.2 Å². The summed E-state index contributed by atoms with van der Waals surface area (Å²) in [5.41, 5.74) is 0.368. The van der Waals surface area contributed by atoms with Crippen molar-refractivity contribution in [3.05, 3.63) is 65.6 Å². The SMILES string of the molecule is O=C(O)c1ccc(-c2cc(F)cc3c(N4CCC(c5nc(CC(F)(F)F)no5)CC4)ncnc23)cc1F. The number of carboxylic acid groups (broad SMARTS) is 1. The normalized spacial score (nSPS) is 14.9. The first-order valence-electron chi connectivity index (χ1n) is 11.2. The fourth-order valence-electron chi connectivity index (χ4n) is 4.47. The number of carboxylic acids is 1. The van der Waals surface area contributed by atoms with Crippen LogP contribution in [0.4, 0.5) is 27.8 Å². The molecule has 2 aromatic heterocycles. The molecule has 0 atom stereocenters. The molecule has 1 aliphatic rings. The van der Waals surface area contributed by atoms with Gasteiger partial charge in [-0.2, -0.15) is 18.2 Å². The predicted molar refractivity (Wildman–Crippen MR) is 120 cm³/mol. The van der Waals surface area contributed by atoms with Crippen molar-refractivity contribution in [3.8, 4) is 11.1 Å². The zero-order chi connectivity index (χ0) is 26.3. The zero-order valence-electron chi connectivity index (χ0n) is 19.0. The number of anilines is 1. The van der Waals surface area contributed by atoms with E-state index in [-0.39, 0.29) is 22.9 Å². The molecule has 13 heteroatoms. The number of alkyl halides is 3. The molecule has 4 aromatic rings. The highest BCUT2D eigenvalue weighted by atomic mass is 19.4. The summed E-state index contributed by atoms with van der Waals surface area (Å²) in [5.74, 6) is -3.05. The minimum absolute atomic E-state index is 0.145. The number of benzene rings is 2. The number of rotatable bonds is 5. The lowest BCUT2D eigenvalue weighted by atomic mass is 9.96. The van der Waals surface area contributed by atoms with Crippen LogP contribution < -0.4 is 4.90 Å². The van der Waals surface area contributed by atoms with Gasteiger partial charge in [-0.05, 0) is 42.7 Å². The standard InChI is InChI=1S/C24H18F5N5O3/c25-14-8-16(13-1-2-15(23(35)36)18(26)7-13)20-17(9-14)21(31-11-30-20)34-5-3-12(4-6-34)22-32-19(33-37-22)10-24(27,28)29/h1-2,7-9,11-12H,3-6,10H2,(H,35,36). The number of piperidine rings is 1. The van der Waals surface area contributed by atoms with Crippen molar-refractivity contribution in [1.29, 1.82) is 0 Å². The van der Waals surface area contributed by atoms with Gasteiger partial charge in [-0.3, -0.25) is 0 Å². The highest BCUT2D eigenvalue weighted by Gasteiger charge is 2.32. The average Bonchev–Trinajstić information content (AvgIpc) is 3.29. The van der Waals surface area contributed by atoms with E-state index in [2.05, 4.69) is 20.1 Å². The molecular formula is C24H18F5N5O3. The van der Waals surface area contributed by atoms with Gasteiger partial charge in [-0.25, -0.2) is 23.5 Å². The molecular weight excluding hydrogens is 501 g/mol. The van der Waals surface area contributed by atoms with Crippen LogP contribution in [-0.2, 0) is 6.42 Å². The second-order valence-electron chi connectivity index (χ2n) is 8.65. The first kappa shape index (κ1) is 24.5. The lowest BCUT2D eigenvalue weighted by molar-refractivity contribution is -0.128. The van der Waals surface area contributed by atoms with Crippen LogP contribution in [0.5, 0.6) is 0 Å². The van der Waals surface area contributed by atoms with Crippen LogP contribution in [0.25, 0.3) is 22.0 Å². The number of aromatic carboxylic acids is 1. The van der Waals surface area contributed by atoms with Gasteiger partial charge in [0.05, 0.1) is 11.1 Å². The summed E-state index contributed by atoms with van der Waals surface area (Å²) in [6.07, 6.45) is -3.42. The Morgan fingerprint density at radius 1 is 1.11 bits per heavy atom. The summed E-state index contributed by atoms with van der Waals surface area (Å²) >= 11 is 0. The van der Waals surface area contributed by atoms with Gasteiger partial charge >= 0.3 is 12.1 Å². The van der Waals surface area contributed by atoms with Gasteiger partial charge in [0.1, 0.15) is 30.2 Å². The molecule has 1 aliphatic heterocycles. The van der Waals surface area contributed by atoms with E-state index in [0.29, 0.717) is 42.7 Å². The molecule has 2 aromatic carbocycles. The molecule has 1 saturated heterocycles. The van der Waals surface area contributed by atoms with Gasteiger partial charge in [0.2, 0.25) is 5.89 Å². The number of hydrogen-bond acceptors (Lipinski definition) is 7. The Morgan fingerprint density at radius 3 is 2.54 bits per heavy atom. The number of aromatic nitrogens is 4. The number of halogens is 5. The maximum atomic E-state index is 14.7. The summed E-state index contributed by atoms with van der Waals surface area (Å²) in [6.45, 7) is 0.864. The maximum Gasteiger partial charge on any atom is 0.396 e. The molecule has 5 rings (SSSR count). The van der Waals surface area contributed by atoms with E-state index in [1.165, 1.54) is 24.5 Å². The van der Waals surface area contributed by atoms with Crippen LogP contribution in [0, 0.1) is 11.6 Å². The van der Waals surface area contributed by atoms with Crippen molar-refractivity contribution in [3.63, 3.8) is 0 Å². The molecule has 37 heavy (non-hydrogen) atoms. The lowest BCUT2D eigenvalue weighted by Gasteiger charge is -2.32. The molecule has 192 valence electrons. The first-order valence-corrected chi connectivity index (χ1v) is 11.2. The Labute approximate surface area is 205 Å². The Balaban J connectivity index is 1.41. The van der Waals surface area contributed by atoms with E-state index in [1.807, 2.05) is 4.90 Å². The Hall–Kier alpha value is -4.16. The van der Waals surface area contributed by atoms with E-state index >= 15 is 0 Å². The summed E-state index contributed by atoms with van der Waals surface area (Å²) < 4.78 is 71.8. The molecule has 1 N–H and O–H groups in total. The Kier molecular flexibility index (Phi) is 6.21. The van der Waals surface area contributed by atoms with Gasteiger partial charge in [0.25, 0.3) is 0 Å². The van der Waals surface area contributed by atoms with Crippen LogP contribution >= 0.6 is 0 Å². The van der Waals surface area contributed by atoms with E-state index in [9.17, 15) is 26.7 Å². The topological polar surface area (TPSA) is 105 Å². The van der Waals surface area contributed by atoms with Crippen LogP contribution in [-0.4, -0.2) is 50.5 Å². The number of carbonyl (C=O) groups is 1. The molecule has 1 fully saturated rings. The van der Waals surface area contributed by atoms with Crippen molar-refractivity contribution in [2.24, 2.45) is 0 Å². The Bertz CT molecular complexity index is 1480. The summed E-state index contributed by atoms with van der Waals surface area (Å²) in [7, 11) is 0. The lowest BCUT2D eigenvalue weighted by Crippen LogP contribution is -2.33. The summed E-state index contributed by atoms with van der Waals surface area (Å²) in [4.78, 5) is 25.5. The molecule has 3 heterocycles. The van der Waals surface area contributed by atoms with Crippen LogP contribution in [0.2, 0.25) is 0 Å². The molecule has 0 amide bonds. The van der Waals surface area contributed by atoms with Crippen molar-refractivity contribution in [2.75, 3.05) is 18.0 Å². The second-order valence-corrected chi connectivity index (χ2v) is 8.65. The van der Waals surface area contributed by atoms with E-state index in [4.69, 9.17) is 9.63 Å². The van der Waals surface area contributed by atoms with E-state index < -0.39 is 41.6 Å². The average molecular weight is 519 g/mol. The van der Waals surface area contributed by atoms with Crippen LogP contribution in [0.3, 0.4) is 0 Å². The molecule has 0 bridgehead atoms. The minimum atomic E-state index is -4.43. The highest BCUT2D eigenvalue weighted by molar-refractivity contribution is 6.00. The quantitative estimate of drug-likeness (QED) is 0.361. The Morgan fingerprint density at radius 2 is 1.86 bits per heavy atom. The summed E-state index contributed by atoms with van der Waals surface area (Å²) in [5, 5.41) is 12.9. The molecule has 0 radical (unpaired) electrons. The zero-order valence-corrected chi connectivity index (χ0v) is 19.0. The first-order chi connectivity index (χ1) is 17.6. The smallest absolute Gasteiger partial charge is 0.396 e. The highest BCUT2D eigenvalue weighted by Crippen LogP contribution is 2.36. The van der Waals surface area contributed by atoms with Crippen LogP contribution in [0.15, 0.2) is 41.2 Å². The number of fused-ring (bicyclic) bond motifs is 1. The van der Waals surface area contributed by atoms with Gasteiger partial charge in [0, 0.05) is 30.0 Å². The molecule has 0 unspecified atom stereocenters. The third kappa shape index (κ3) is 5.06. The monoisotopic (exact) mass is 519 g/mol. The minimum Gasteiger partial charge on any atom is -0.478 e. The number of hydrogen-bond donors (Lipinski definition) is 1. The molecule has 0 spiro atoms. The van der Waals surface area contributed by atoms with Crippen LogP contribution in [0.1, 0.15) is 40.8 Å². The maximum absolute atomic E-state index is 14.7. The number of nitrogens with zero attached hydrogens (tertiary/aromatic N) is 5. The third-order valence-electron chi connectivity index (χ3n) is 6.18. The van der Waals surface area contributed by atoms with Gasteiger partial charge < -0.3 is 14.5 Å². The second kappa shape index (κ2) is 9.37. The van der Waals surface area contributed by atoms with Crippen molar-refractivity contribution >= 4 is 22.7 Å². The van der Waals surface area contributed by atoms with E-state index in [0.717, 1.165) is 12.1 Å².